The molecule has 1 aliphatic rings. The van der Waals surface area contributed by atoms with Crippen LogP contribution in [0.5, 0.6) is 0 Å². The van der Waals surface area contributed by atoms with Gasteiger partial charge in [-0.15, -0.1) is 0 Å². The van der Waals surface area contributed by atoms with Crippen molar-refractivity contribution >= 4 is 17.5 Å². The summed E-state index contributed by atoms with van der Waals surface area (Å²) in [5.41, 5.74) is 2.14. The molecule has 0 N–H and O–H groups in total. The molecule has 3 aromatic rings. The van der Waals surface area contributed by atoms with Crippen molar-refractivity contribution in [2.75, 3.05) is 20.1 Å². The number of rotatable bonds is 6. The number of likely N-dealkylation sites (tertiary alicyclic amines) is 1. The van der Waals surface area contributed by atoms with Crippen LogP contribution < -0.4 is 0 Å². The molecule has 0 saturated carbocycles. The Labute approximate surface area is 181 Å². The molecule has 156 valence electrons. The molecule has 30 heavy (non-hydrogen) atoms. The molecule has 0 spiro atoms. The highest BCUT2D eigenvalue weighted by molar-refractivity contribution is 6.30. The summed E-state index contributed by atoms with van der Waals surface area (Å²) < 4.78 is 5.34. The fourth-order valence-corrected chi connectivity index (χ4v) is 3.93. The molecular weight excluding hydrogens is 400 g/mol. The van der Waals surface area contributed by atoms with Gasteiger partial charge in [0.25, 0.3) is 0 Å². The summed E-state index contributed by atoms with van der Waals surface area (Å²) in [5, 5.41) is 4.67. The van der Waals surface area contributed by atoms with Crippen LogP contribution in [-0.2, 0) is 17.9 Å². The quantitative estimate of drug-likeness (QED) is 0.591. The second kappa shape index (κ2) is 9.41. The van der Waals surface area contributed by atoms with Crippen molar-refractivity contribution < 1.29 is 9.32 Å². The minimum absolute atomic E-state index is 0.0423. The molecule has 0 radical (unpaired) electrons. The zero-order chi connectivity index (χ0) is 20.9. The fourth-order valence-electron chi connectivity index (χ4n) is 3.81. The number of carbonyl (C=O) groups excluding carboxylic acids is 1. The Hall–Kier alpha value is -2.70. The SMILES string of the molecule is CN(Cc1nc(-c2ccc(Cl)cc2)no1)C(=O)C1CCN(Cc2ccccc2)CC1. The summed E-state index contributed by atoms with van der Waals surface area (Å²) in [6, 6.07) is 17.7. The van der Waals surface area contributed by atoms with E-state index in [1.54, 1.807) is 24.1 Å². The number of carbonyl (C=O) groups is 1. The van der Waals surface area contributed by atoms with E-state index in [-0.39, 0.29) is 11.8 Å². The van der Waals surface area contributed by atoms with Gasteiger partial charge in [0, 0.05) is 30.1 Å². The lowest BCUT2D eigenvalue weighted by Crippen LogP contribution is -2.40. The number of hydrogen-bond donors (Lipinski definition) is 0. The van der Waals surface area contributed by atoms with Gasteiger partial charge in [-0.25, -0.2) is 0 Å². The maximum Gasteiger partial charge on any atom is 0.246 e. The van der Waals surface area contributed by atoms with E-state index in [2.05, 4.69) is 39.3 Å². The average Bonchev–Trinajstić information content (AvgIpc) is 3.23. The summed E-state index contributed by atoms with van der Waals surface area (Å²) in [7, 11) is 1.80. The van der Waals surface area contributed by atoms with Crippen LogP contribution in [-0.4, -0.2) is 46.0 Å². The zero-order valence-corrected chi connectivity index (χ0v) is 17.8. The van der Waals surface area contributed by atoms with Crippen LogP contribution >= 0.6 is 11.6 Å². The topological polar surface area (TPSA) is 62.5 Å². The minimum atomic E-state index is 0.0423. The fraction of sp³-hybridized carbons (Fsp3) is 0.348. The van der Waals surface area contributed by atoms with E-state index in [9.17, 15) is 4.79 Å². The van der Waals surface area contributed by atoms with Crippen LogP contribution in [0, 0.1) is 5.92 Å². The largest absolute Gasteiger partial charge is 0.337 e. The lowest BCUT2D eigenvalue weighted by atomic mass is 9.95. The molecular formula is C23H25ClN4O2. The highest BCUT2D eigenvalue weighted by Crippen LogP contribution is 2.22. The minimum Gasteiger partial charge on any atom is -0.337 e. The number of halogens is 1. The van der Waals surface area contributed by atoms with E-state index in [1.807, 2.05) is 18.2 Å². The van der Waals surface area contributed by atoms with E-state index in [4.69, 9.17) is 16.1 Å². The summed E-state index contributed by atoms with van der Waals surface area (Å²) in [4.78, 5) is 21.4. The molecule has 0 aliphatic carbocycles. The standard InChI is InChI=1S/C23H25ClN4O2/c1-27(16-21-25-22(26-30-21)18-7-9-20(24)10-8-18)23(29)19-11-13-28(14-12-19)15-17-5-3-2-4-6-17/h2-10,19H,11-16H2,1H3. The smallest absolute Gasteiger partial charge is 0.246 e. The lowest BCUT2D eigenvalue weighted by Gasteiger charge is -2.32. The Bertz CT molecular complexity index is 966. The Morgan fingerprint density at radius 1 is 1.13 bits per heavy atom. The molecule has 1 saturated heterocycles. The van der Waals surface area contributed by atoms with Gasteiger partial charge in [-0.3, -0.25) is 9.69 Å². The molecule has 0 bridgehead atoms. The Morgan fingerprint density at radius 3 is 2.53 bits per heavy atom. The van der Waals surface area contributed by atoms with Crippen LogP contribution in [0.15, 0.2) is 59.1 Å². The number of aromatic nitrogens is 2. The Balaban J connectivity index is 1.29. The van der Waals surface area contributed by atoms with Crippen LogP contribution in [0.2, 0.25) is 5.02 Å². The molecule has 4 rings (SSSR count). The molecule has 1 aliphatic heterocycles. The van der Waals surface area contributed by atoms with Crippen molar-refractivity contribution in [1.82, 2.24) is 19.9 Å². The maximum atomic E-state index is 12.9. The monoisotopic (exact) mass is 424 g/mol. The van der Waals surface area contributed by atoms with E-state index in [0.717, 1.165) is 38.0 Å². The normalized spacial score (nSPS) is 15.3. The van der Waals surface area contributed by atoms with Crippen molar-refractivity contribution in [1.29, 1.82) is 0 Å². The van der Waals surface area contributed by atoms with Gasteiger partial charge in [-0.1, -0.05) is 47.1 Å². The highest BCUT2D eigenvalue weighted by atomic mass is 35.5. The van der Waals surface area contributed by atoms with Crippen molar-refractivity contribution in [3.63, 3.8) is 0 Å². The average molecular weight is 425 g/mol. The Kier molecular flexibility index (Phi) is 6.45. The predicted molar refractivity (Wildman–Crippen MR) is 116 cm³/mol. The number of benzene rings is 2. The van der Waals surface area contributed by atoms with Crippen molar-refractivity contribution in [3.8, 4) is 11.4 Å². The number of nitrogens with zero attached hydrogens (tertiary/aromatic N) is 4. The maximum absolute atomic E-state index is 12.9. The van der Waals surface area contributed by atoms with Crippen LogP contribution in [0.3, 0.4) is 0 Å². The number of piperidine rings is 1. The first-order chi connectivity index (χ1) is 14.6. The third-order valence-corrected chi connectivity index (χ3v) is 5.76. The third kappa shape index (κ3) is 5.07. The second-order valence-corrected chi connectivity index (χ2v) is 8.19. The first kappa shape index (κ1) is 20.6. The number of amides is 1. The van der Waals surface area contributed by atoms with E-state index in [0.29, 0.717) is 23.3 Å². The first-order valence-corrected chi connectivity index (χ1v) is 10.6. The van der Waals surface area contributed by atoms with E-state index >= 15 is 0 Å². The van der Waals surface area contributed by atoms with Gasteiger partial charge in [0.1, 0.15) is 0 Å². The third-order valence-electron chi connectivity index (χ3n) is 5.50. The zero-order valence-electron chi connectivity index (χ0n) is 17.0. The van der Waals surface area contributed by atoms with Crippen molar-refractivity contribution in [2.45, 2.75) is 25.9 Å². The van der Waals surface area contributed by atoms with Crippen molar-refractivity contribution in [3.05, 3.63) is 71.1 Å². The summed E-state index contributed by atoms with van der Waals surface area (Å²) >= 11 is 5.92. The number of hydrogen-bond acceptors (Lipinski definition) is 5. The predicted octanol–water partition coefficient (Wildman–Crippen LogP) is 4.26. The molecule has 0 atom stereocenters. The molecule has 1 amide bonds. The second-order valence-electron chi connectivity index (χ2n) is 7.75. The summed E-state index contributed by atoms with van der Waals surface area (Å²) in [5.74, 6) is 1.11. The van der Waals surface area contributed by atoms with Crippen LogP contribution in [0.4, 0.5) is 0 Å². The molecule has 2 heterocycles. The molecule has 1 aromatic heterocycles. The molecule has 2 aromatic carbocycles. The molecule has 6 nitrogen and oxygen atoms in total. The van der Waals surface area contributed by atoms with Gasteiger partial charge in [-0.2, -0.15) is 4.98 Å². The van der Waals surface area contributed by atoms with Gasteiger partial charge < -0.3 is 9.42 Å². The van der Waals surface area contributed by atoms with Crippen LogP contribution in [0.25, 0.3) is 11.4 Å². The van der Waals surface area contributed by atoms with Gasteiger partial charge in [0.05, 0.1) is 6.54 Å². The van der Waals surface area contributed by atoms with E-state index in [1.165, 1.54) is 5.56 Å². The summed E-state index contributed by atoms with van der Waals surface area (Å²) in [6.45, 7) is 3.11. The molecule has 1 fully saturated rings. The summed E-state index contributed by atoms with van der Waals surface area (Å²) in [6.07, 6.45) is 1.74. The van der Waals surface area contributed by atoms with Crippen molar-refractivity contribution in [2.24, 2.45) is 5.92 Å². The Morgan fingerprint density at radius 2 is 1.83 bits per heavy atom. The highest BCUT2D eigenvalue weighted by Gasteiger charge is 2.28. The lowest BCUT2D eigenvalue weighted by molar-refractivity contribution is -0.136. The first-order valence-electron chi connectivity index (χ1n) is 10.2. The van der Waals surface area contributed by atoms with E-state index < -0.39 is 0 Å². The van der Waals surface area contributed by atoms with Crippen LogP contribution in [0.1, 0.15) is 24.3 Å². The van der Waals surface area contributed by atoms with Gasteiger partial charge >= 0.3 is 0 Å². The van der Waals surface area contributed by atoms with Gasteiger partial charge in [0.2, 0.25) is 17.6 Å². The van der Waals surface area contributed by atoms with Gasteiger partial charge in [0.15, 0.2) is 0 Å². The molecule has 7 heteroatoms. The van der Waals surface area contributed by atoms with Gasteiger partial charge in [-0.05, 0) is 55.8 Å². The molecule has 0 unspecified atom stereocenters.